The monoisotopic (exact) mass is 502 g/mol. The Kier molecular flexibility index (Phi) is 11.7. The molecule has 3 rings (SSSR count). The van der Waals surface area contributed by atoms with Gasteiger partial charge in [-0.3, -0.25) is 0 Å². The van der Waals surface area contributed by atoms with Gasteiger partial charge in [-0.05, 0) is 85.5 Å². The number of aryl methyl sites for hydroxylation is 1. The maximum absolute atomic E-state index is 12.5. The summed E-state index contributed by atoms with van der Waals surface area (Å²) in [7, 11) is 0. The van der Waals surface area contributed by atoms with Crippen LogP contribution in [0.5, 0.6) is 17.2 Å². The largest absolute Gasteiger partial charge is 0.494 e. The van der Waals surface area contributed by atoms with Crippen molar-refractivity contribution in [3.8, 4) is 17.2 Å². The number of ether oxygens (including phenoxy) is 3. The van der Waals surface area contributed by atoms with Crippen LogP contribution in [0.2, 0.25) is 0 Å². The van der Waals surface area contributed by atoms with Crippen LogP contribution in [0.3, 0.4) is 0 Å². The Morgan fingerprint density at radius 2 is 1.00 bits per heavy atom. The smallest absolute Gasteiger partial charge is 0.343 e. The third kappa shape index (κ3) is 9.76. The number of rotatable bonds is 15. The van der Waals surface area contributed by atoms with E-state index in [9.17, 15) is 9.59 Å². The molecule has 0 unspecified atom stereocenters. The number of carbonyl (C=O) groups excluding carboxylic acids is 2. The van der Waals surface area contributed by atoms with Crippen LogP contribution in [-0.2, 0) is 6.42 Å². The van der Waals surface area contributed by atoms with Gasteiger partial charge in [-0.25, -0.2) is 9.59 Å². The number of esters is 2. The number of hydrogen-bond acceptors (Lipinski definition) is 5. The van der Waals surface area contributed by atoms with E-state index in [0.29, 0.717) is 29.2 Å². The fourth-order valence-corrected chi connectivity index (χ4v) is 3.86. The predicted octanol–water partition coefficient (Wildman–Crippen LogP) is 8.21. The van der Waals surface area contributed by atoms with Gasteiger partial charge in [-0.15, -0.1) is 0 Å². The van der Waals surface area contributed by atoms with E-state index in [1.807, 2.05) is 24.3 Å². The number of unbranched alkanes of at least 4 members (excludes halogenated alkanes) is 6. The molecule has 0 aromatic heterocycles. The second-order valence-corrected chi connectivity index (χ2v) is 9.19. The van der Waals surface area contributed by atoms with Gasteiger partial charge in [0.05, 0.1) is 17.7 Å². The summed E-state index contributed by atoms with van der Waals surface area (Å²) in [4.78, 5) is 25.0. The van der Waals surface area contributed by atoms with E-state index in [2.05, 4.69) is 13.8 Å². The highest BCUT2D eigenvalue weighted by Gasteiger charge is 2.12. The van der Waals surface area contributed by atoms with Crippen LogP contribution < -0.4 is 14.2 Å². The van der Waals surface area contributed by atoms with Crippen LogP contribution in [0.15, 0.2) is 72.8 Å². The minimum atomic E-state index is -0.471. The maximum Gasteiger partial charge on any atom is 0.343 e. The molecule has 3 aromatic rings. The summed E-state index contributed by atoms with van der Waals surface area (Å²) in [6.45, 7) is 5.05. The SMILES string of the molecule is CCCCCCCCOc1ccc(C(=O)Oc2ccc(C(=O)Oc3ccc(CCCC)cc3)cc2)cc1. The van der Waals surface area contributed by atoms with Crippen molar-refractivity contribution in [1.29, 1.82) is 0 Å². The lowest BCUT2D eigenvalue weighted by atomic mass is 10.1. The lowest BCUT2D eigenvalue weighted by molar-refractivity contribution is 0.0730. The molecule has 37 heavy (non-hydrogen) atoms. The van der Waals surface area contributed by atoms with Crippen molar-refractivity contribution < 1.29 is 23.8 Å². The molecule has 0 amide bonds. The predicted molar refractivity (Wildman–Crippen MR) is 147 cm³/mol. The summed E-state index contributed by atoms with van der Waals surface area (Å²) < 4.78 is 16.7. The van der Waals surface area contributed by atoms with Crippen molar-refractivity contribution in [2.24, 2.45) is 0 Å². The highest BCUT2D eigenvalue weighted by Crippen LogP contribution is 2.19. The molecule has 0 radical (unpaired) electrons. The van der Waals surface area contributed by atoms with Gasteiger partial charge >= 0.3 is 11.9 Å². The van der Waals surface area contributed by atoms with Crippen molar-refractivity contribution >= 4 is 11.9 Å². The molecule has 0 N–H and O–H groups in total. The molecule has 196 valence electrons. The first-order valence-corrected chi connectivity index (χ1v) is 13.4. The molecule has 5 nitrogen and oxygen atoms in total. The molecule has 0 spiro atoms. The summed E-state index contributed by atoms with van der Waals surface area (Å²) in [5.74, 6) is 0.658. The van der Waals surface area contributed by atoms with Gasteiger partial charge in [0.2, 0.25) is 0 Å². The van der Waals surface area contributed by atoms with Crippen LogP contribution in [0.25, 0.3) is 0 Å². The van der Waals surface area contributed by atoms with E-state index in [0.717, 1.165) is 31.4 Å². The Hall–Kier alpha value is -3.60. The molecule has 0 aliphatic carbocycles. The van der Waals surface area contributed by atoms with E-state index in [1.54, 1.807) is 48.5 Å². The van der Waals surface area contributed by atoms with E-state index in [4.69, 9.17) is 14.2 Å². The molecule has 5 heteroatoms. The molecule has 3 aromatic carbocycles. The zero-order valence-corrected chi connectivity index (χ0v) is 22.0. The van der Waals surface area contributed by atoms with Crippen LogP contribution >= 0.6 is 0 Å². The molecular weight excluding hydrogens is 464 g/mol. The highest BCUT2D eigenvalue weighted by atomic mass is 16.5. The molecule has 0 fully saturated rings. The maximum atomic E-state index is 12.5. The second kappa shape index (κ2) is 15.5. The van der Waals surface area contributed by atoms with Gasteiger partial charge < -0.3 is 14.2 Å². The number of carbonyl (C=O) groups is 2. The molecule has 0 heterocycles. The number of benzene rings is 3. The third-order valence-electron chi connectivity index (χ3n) is 6.11. The Morgan fingerprint density at radius 3 is 1.54 bits per heavy atom. The lowest BCUT2D eigenvalue weighted by Gasteiger charge is -2.08. The summed E-state index contributed by atoms with van der Waals surface area (Å²) in [6, 6.07) is 20.9. The fourth-order valence-electron chi connectivity index (χ4n) is 3.86. The van der Waals surface area contributed by atoms with Gasteiger partial charge in [0.1, 0.15) is 17.2 Å². The fraction of sp³-hybridized carbons (Fsp3) is 0.375. The van der Waals surface area contributed by atoms with Gasteiger partial charge in [0.25, 0.3) is 0 Å². The molecule has 0 bridgehead atoms. The quantitative estimate of drug-likeness (QED) is 0.119. The average Bonchev–Trinajstić information content (AvgIpc) is 2.93. The third-order valence-corrected chi connectivity index (χ3v) is 6.11. The van der Waals surface area contributed by atoms with Crippen LogP contribution in [0.1, 0.15) is 91.5 Å². The Labute approximate surface area is 220 Å². The Balaban J connectivity index is 1.43. The normalized spacial score (nSPS) is 10.6. The molecule has 0 atom stereocenters. The zero-order chi connectivity index (χ0) is 26.3. The van der Waals surface area contributed by atoms with Gasteiger partial charge in [-0.2, -0.15) is 0 Å². The first-order chi connectivity index (χ1) is 18.1. The number of hydrogen-bond donors (Lipinski definition) is 0. The summed E-state index contributed by atoms with van der Waals surface area (Å²) in [6.07, 6.45) is 10.6. The van der Waals surface area contributed by atoms with Crippen molar-refractivity contribution in [3.05, 3.63) is 89.5 Å². The summed E-state index contributed by atoms with van der Waals surface area (Å²) >= 11 is 0. The first kappa shape index (κ1) is 28.0. The van der Waals surface area contributed by atoms with Gasteiger partial charge in [0.15, 0.2) is 0 Å². The Bertz CT molecular complexity index is 1090. The van der Waals surface area contributed by atoms with E-state index >= 15 is 0 Å². The van der Waals surface area contributed by atoms with Crippen molar-refractivity contribution in [2.75, 3.05) is 6.61 Å². The molecular formula is C32H38O5. The van der Waals surface area contributed by atoms with Crippen molar-refractivity contribution in [3.63, 3.8) is 0 Å². The molecule has 0 saturated heterocycles. The summed E-state index contributed by atoms with van der Waals surface area (Å²) in [5, 5.41) is 0. The van der Waals surface area contributed by atoms with Gasteiger partial charge in [0, 0.05) is 0 Å². The summed E-state index contributed by atoms with van der Waals surface area (Å²) in [5.41, 5.74) is 2.03. The van der Waals surface area contributed by atoms with E-state index in [1.165, 1.54) is 37.7 Å². The van der Waals surface area contributed by atoms with E-state index in [-0.39, 0.29) is 0 Å². The van der Waals surface area contributed by atoms with E-state index < -0.39 is 11.9 Å². The molecule has 0 aliphatic heterocycles. The first-order valence-electron chi connectivity index (χ1n) is 13.4. The van der Waals surface area contributed by atoms with Crippen LogP contribution in [0.4, 0.5) is 0 Å². The average molecular weight is 503 g/mol. The minimum absolute atomic E-state index is 0.352. The minimum Gasteiger partial charge on any atom is -0.494 e. The van der Waals surface area contributed by atoms with Crippen LogP contribution in [-0.4, -0.2) is 18.5 Å². The second-order valence-electron chi connectivity index (χ2n) is 9.19. The van der Waals surface area contributed by atoms with Crippen molar-refractivity contribution in [2.45, 2.75) is 71.6 Å². The van der Waals surface area contributed by atoms with Gasteiger partial charge in [-0.1, -0.05) is 64.5 Å². The van der Waals surface area contributed by atoms with Crippen LogP contribution in [0, 0.1) is 0 Å². The highest BCUT2D eigenvalue weighted by molar-refractivity contribution is 5.92. The molecule has 0 saturated carbocycles. The van der Waals surface area contributed by atoms with Crippen molar-refractivity contribution in [1.82, 2.24) is 0 Å². The molecule has 0 aliphatic rings. The topological polar surface area (TPSA) is 61.8 Å². The standard InChI is InChI=1S/C32H38O5/c1-3-5-7-8-9-10-24-35-28-20-14-26(15-21-28)31(33)37-30-22-16-27(17-23-30)32(34)36-29-18-12-25(13-19-29)11-6-4-2/h12-23H,3-11,24H2,1-2H3. The zero-order valence-electron chi connectivity index (χ0n) is 22.0. The lowest BCUT2D eigenvalue weighted by Crippen LogP contribution is -2.10. The Morgan fingerprint density at radius 1 is 0.541 bits per heavy atom.